The Balaban J connectivity index is 1.89. The Labute approximate surface area is 98.0 Å². The van der Waals surface area contributed by atoms with Crippen LogP contribution in [0.5, 0.6) is 0 Å². The Morgan fingerprint density at radius 1 is 1.44 bits per heavy atom. The fraction of sp³-hybridized carbons (Fsp3) is 1.00. The molecule has 96 valence electrons. The minimum atomic E-state index is -0.421. The molecule has 3 N–H and O–H groups in total. The summed E-state index contributed by atoms with van der Waals surface area (Å²) in [5.74, 6) is 0.753. The summed E-state index contributed by atoms with van der Waals surface area (Å²) in [7, 11) is 0. The molecule has 0 bridgehead atoms. The van der Waals surface area contributed by atoms with Crippen molar-refractivity contribution in [2.75, 3.05) is 26.4 Å². The van der Waals surface area contributed by atoms with Gasteiger partial charge in [-0.2, -0.15) is 0 Å². The molecule has 0 aliphatic heterocycles. The van der Waals surface area contributed by atoms with E-state index in [4.69, 9.17) is 9.84 Å². The van der Waals surface area contributed by atoms with Crippen LogP contribution < -0.4 is 5.32 Å². The number of nitrogens with one attached hydrogen (secondary N) is 1. The predicted molar refractivity (Wildman–Crippen MR) is 63.3 cm³/mol. The maximum absolute atomic E-state index is 9.62. The van der Waals surface area contributed by atoms with E-state index >= 15 is 0 Å². The highest BCUT2D eigenvalue weighted by molar-refractivity contribution is 4.72. The van der Waals surface area contributed by atoms with Gasteiger partial charge >= 0.3 is 0 Å². The Morgan fingerprint density at radius 2 is 2.19 bits per heavy atom. The third-order valence-corrected chi connectivity index (χ3v) is 2.86. The van der Waals surface area contributed by atoms with Gasteiger partial charge in [0.25, 0.3) is 0 Å². The lowest BCUT2D eigenvalue weighted by Crippen LogP contribution is -2.36. The minimum Gasteiger partial charge on any atom is -0.396 e. The van der Waals surface area contributed by atoms with Crippen LogP contribution in [0, 0.1) is 5.92 Å². The van der Waals surface area contributed by atoms with Crippen molar-refractivity contribution < 1.29 is 14.9 Å². The highest BCUT2D eigenvalue weighted by Crippen LogP contribution is 2.28. The lowest BCUT2D eigenvalue weighted by Gasteiger charge is -2.16. The molecule has 0 saturated heterocycles. The monoisotopic (exact) mass is 231 g/mol. The standard InChI is InChI=1S/C12H25NO3/c1-10(3-2-6-14)13-7-12(15)9-16-8-11-4-5-11/h10-15H,2-9H2,1H3. The van der Waals surface area contributed by atoms with Crippen molar-refractivity contribution in [1.82, 2.24) is 5.32 Å². The summed E-state index contributed by atoms with van der Waals surface area (Å²) in [5.41, 5.74) is 0. The van der Waals surface area contributed by atoms with E-state index in [0.717, 1.165) is 25.4 Å². The summed E-state index contributed by atoms with van der Waals surface area (Å²) in [6.07, 6.45) is 3.89. The Kier molecular flexibility index (Phi) is 6.96. The third kappa shape index (κ3) is 7.17. The lowest BCUT2D eigenvalue weighted by atomic mass is 10.2. The van der Waals surface area contributed by atoms with Gasteiger partial charge in [0.15, 0.2) is 0 Å². The van der Waals surface area contributed by atoms with Crippen molar-refractivity contribution in [1.29, 1.82) is 0 Å². The Morgan fingerprint density at radius 3 is 2.81 bits per heavy atom. The molecule has 1 fully saturated rings. The lowest BCUT2D eigenvalue weighted by molar-refractivity contribution is 0.0313. The molecule has 0 aromatic rings. The third-order valence-electron chi connectivity index (χ3n) is 2.86. The molecule has 4 nitrogen and oxygen atoms in total. The number of rotatable bonds is 10. The number of aliphatic hydroxyl groups is 2. The molecule has 1 rings (SSSR count). The first-order valence-electron chi connectivity index (χ1n) is 6.32. The van der Waals surface area contributed by atoms with Gasteiger partial charge in [-0.3, -0.25) is 0 Å². The van der Waals surface area contributed by atoms with E-state index in [1.807, 2.05) is 0 Å². The molecule has 1 saturated carbocycles. The molecule has 0 amide bonds. The molecular formula is C12H25NO3. The number of ether oxygens (including phenoxy) is 1. The average molecular weight is 231 g/mol. The molecule has 1 aliphatic carbocycles. The molecule has 2 atom stereocenters. The largest absolute Gasteiger partial charge is 0.396 e. The molecule has 0 heterocycles. The molecule has 4 heteroatoms. The molecular weight excluding hydrogens is 206 g/mol. The second-order valence-corrected chi connectivity index (χ2v) is 4.81. The molecule has 0 aromatic heterocycles. The van der Waals surface area contributed by atoms with Gasteiger partial charge < -0.3 is 20.3 Å². The van der Waals surface area contributed by atoms with Crippen molar-refractivity contribution in [3.63, 3.8) is 0 Å². The van der Waals surface area contributed by atoms with Crippen LogP contribution in [0.15, 0.2) is 0 Å². The van der Waals surface area contributed by atoms with Gasteiger partial charge in [-0.05, 0) is 38.5 Å². The maximum atomic E-state index is 9.62. The van der Waals surface area contributed by atoms with Crippen molar-refractivity contribution >= 4 is 0 Å². The highest BCUT2D eigenvalue weighted by Gasteiger charge is 2.21. The predicted octanol–water partition coefficient (Wildman–Crippen LogP) is 0.524. The van der Waals surface area contributed by atoms with Gasteiger partial charge in [0.1, 0.15) is 0 Å². The topological polar surface area (TPSA) is 61.7 Å². The van der Waals surface area contributed by atoms with Crippen LogP contribution in [-0.2, 0) is 4.74 Å². The number of hydrogen-bond acceptors (Lipinski definition) is 4. The molecule has 2 unspecified atom stereocenters. The zero-order chi connectivity index (χ0) is 11.8. The van der Waals surface area contributed by atoms with Gasteiger partial charge in [-0.1, -0.05) is 0 Å². The van der Waals surface area contributed by atoms with Crippen LogP contribution in [0.2, 0.25) is 0 Å². The van der Waals surface area contributed by atoms with Gasteiger partial charge in [0.05, 0.1) is 12.7 Å². The Bertz CT molecular complexity index is 174. The summed E-state index contributed by atoms with van der Waals surface area (Å²) < 4.78 is 5.40. The zero-order valence-electron chi connectivity index (χ0n) is 10.2. The van der Waals surface area contributed by atoms with E-state index in [9.17, 15) is 5.11 Å². The summed E-state index contributed by atoms with van der Waals surface area (Å²) >= 11 is 0. The molecule has 0 radical (unpaired) electrons. The number of hydrogen-bond donors (Lipinski definition) is 3. The first-order valence-corrected chi connectivity index (χ1v) is 6.32. The molecule has 1 aliphatic rings. The van der Waals surface area contributed by atoms with Crippen LogP contribution in [0.3, 0.4) is 0 Å². The van der Waals surface area contributed by atoms with E-state index in [-0.39, 0.29) is 6.61 Å². The first-order chi connectivity index (χ1) is 7.72. The van der Waals surface area contributed by atoms with Crippen molar-refractivity contribution in [3.8, 4) is 0 Å². The van der Waals surface area contributed by atoms with Gasteiger partial charge in [0, 0.05) is 25.8 Å². The first kappa shape index (κ1) is 13.9. The van der Waals surface area contributed by atoms with E-state index in [1.165, 1.54) is 12.8 Å². The molecule has 0 spiro atoms. The molecule has 16 heavy (non-hydrogen) atoms. The van der Waals surface area contributed by atoms with E-state index < -0.39 is 6.10 Å². The quantitative estimate of drug-likeness (QED) is 0.513. The summed E-state index contributed by atoms with van der Waals surface area (Å²) in [4.78, 5) is 0. The minimum absolute atomic E-state index is 0.235. The fourth-order valence-electron chi connectivity index (χ4n) is 1.55. The van der Waals surface area contributed by atoms with Crippen LogP contribution in [-0.4, -0.2) is 48.7 Å². The van der Waals surface area contributed by atoms with Crippen LogP contribution in [0.25, 0.3) is 0 Å². The smallest absolute Gasteiger partial charge is 0.0897 e. The fourth-order valence-corrected chi connectivity index (χ4v) is 1.55. The van der Waals surface area contributed by atoms with Crippen LogP contribution in [0.1, 0.15) is 32.6 Å². The van der Waals surface area contributed by atoms with Crippen molar-refractivity contribution in [3.05, 3.63) is 0 Å². The second kappa shape index (κ2) is 8.01. The maximum Gasteiger partial charge on any atom is 0.0897 e. The van der Waals surface area contributed by atoms with Gasteiger partial charge in [-0.15, -0.1) is 0 Å². The SMILES string of the molecule is CC(CCCO)NCC(O)COCC1CC1. The Hall–Kier alpha value is -0.160. The van der Waals surface area contributed by atoms with Crippen LogP contribution in [0.4, 0.5) is 0 Å². The van der Waals surface area contributed by atoms with E-state index in [2.05, 4.69) is 12.2 Å². The van der Waals surface area contributed by atoms with Crippen molar-refractivity contribution in [2.45, 2.75) is 44.8 Å². The van der Waals surface area contributed by atoms with E-state index in [1.54, 1.807) is 0 Å². The number of aliphatic hydroxyl groups excluding tert-OH is 2. The van der Waals surface area contributed by atoms with Gasteiger partial charge in [-0.25, -0.2) is 0 Å². The van der Waals surface area contributed by atoms with E-state index in [0.29, 0.717) is 19.2 Å². The summed E-state index contributed by atoms with van der Waals surface area (Å²) in [6.45, 7) is 4.09. The zero-order valence-corrected chi connectivity index (χ0v) is 10.2. The summed E-state index contributed by atoms with van der Waals surface area (Å²) in [5, 5.41) is 21.5. The van der Waals surface area contributed by atoms with Crippen LogP contribution >= 0.6 is 0 Å². The molecule has 0 aromatic carbocycles. The van der Waals surface area contributed by atoms with Crippen molar-refractivity contribution in [2.24, 2.45) is 5.92 Å². The summed E-state index contributed by atoms with van der Waals surface area (Å²) in [6, 6.07) is 0.338. The van der Waals surface area contributed by atoms with Gasteiger partial charge in [0.2, 0.25) is 0 Å². The normalized spacial score (nSPS) is 19.7. The highest BCUT2D eigenvalue weighted by atomic mass is 16.5. The second-order valence-electron chi connectivity index (χ2n) is 4.81. The average Bonchev–Trinajstić information content (AvgIpc) is 3.07.